The maximum Gasteiger partial charge on any atom is 0.255 e. The lowest BCUT2D eigenvalue weighted by Gasteiger charge is -2.23. The molecule has 0 fully saturated rings. The Bertz CT molecular complexity index is 921. The van der Waals surface area contributed by atoms with Gasteiger partial charge in [0.2, 0.25) is 10.0 Å². The number of sulfonamides is 1. The van der Waals surface area contributed by atoms with E-state index in [0.29, 0.717) is 17.7 Å². The fourth-order valence-corrected chi connectivity index (χ4v) is 4.71. The third kappa shape index (κ3) is 3.46. The van der Waals surface area contributed by atoms with Gasteiger partial charge in [0.15, 0.2) is 0 Å². The predicted molar refractivity (Wildman–Crippen MR) is 105 cm³/mol. The summed E-state index contributed by atoms with van der Waals surface area (Å²) in [5.74, 6) is -0.131. The highest BCUT2D eigenvalue weighted by atomic mass is 32.2. The number of nitrogens with zero attached hydrogens (tertiary/aromatic N) is 1. The van der Waals surface area contributed by atoms with Crippen molar-refractivity contribution < 1.29 is 13.2 Å². The van der Waals surface area contributed by atoms with E-state index in [1.807, 2.05) is 31.2 Å². The van der Waals surface area contributed by atoms with Crippen molar-refractivity contribution in [2.75, 3.05) is 15.4 Å². The summed E-state index contributed by atoms with van der Waals surface area (Å²) in [5, 5.41) is 2.89. The second-order valence-electron chi connectivity index (χ2n) is 6.60. The molecule has 1 atom stereocenters. The van der Waals surface area contributed by atoms with Crippen LogP contribution < -0.4 is 9.62 Å². The van der Waals surface area contributed by atoms with E-state index in [4.69, 9.17) is 0 Å². The average molecular weight is 372 g/mol. The molecule has 0 radical (unpaired) electrons. The Morgan fingerprint density at radius 3 is 2.46 bits per heavy atom. The van der Waals surface area contributed by atoms with Crippen LogP contribution in [0.1, 0.15) is 42.3 Å². The van der Waals surface area contributed by atoms with Crippen LogP contribution in [0.15, 0.2) is 42.5 Å². The normalized spacial score (nSPS) is 16.4. The Labute approximate surface area is 155 Å². The molecular formula is C20H24N2O3S. The summed E-state index contributed by atoms with van der Waals surface area (Å²) in [6.07, 6.45) is 1.56. The molecule has 0 unspecified atom stereocenters. The average Bonchev–Trinajstić information content (AvgIpc) is 2.97. The molecule has 1 aliphatic heterocycles. The van der Waals surface area contributed by atoms with Crippen LogP contribution in [0.3, 0.4) is 0 Å². The predicted octanol–water partition coefficient (Wildman–Crippen LogP) is 3.60. The van der Waals surface area contributed by atoms with Crippen LogP contribution in [0.5, 0.6) is 0 Å². The van der Waals surface area contributed by atoms with Gasteiger partial charge in [-0.05, 0) is 68.1 Å². The van der Waals surface area contributed by atoms with E-state index in [0.717, 1.165) is 17.7 Å². The molecule has 6 heteroatoms. The number of carbonyl (C=O) groups excluding carboxylic acids is 1. The molecule has 1 aliphatic rings. The molecule has 1 amide bonds. The number of aryl methyl sites for hydroxylation is 1. The van der Waals surface area contributed by atoms with E-state index < -0.39 is 10.0 Å². The van der Waals surface area contributed by atoms with Crippen molar-refractivity contribution in [1.29, 1.82) is 0 Å². The minimum Gasteiger partial charge on any atom is -0.322 e. The van der Waals surface area contributed by atoms with E-state index in [9.17, 15) is 13.2 Å². The molecule has 3 rings (SSSR count). The number of carbonyl (C=O) groups is 1. The molecular weight excluding hydrogens is 348 g/mol. The van der Waals surface area contributed by atoms with E-state index in [1.165, 1.54) is 9.87 Å². The molecule has 2 aromatic rings. The van der Waals surface area contributed by atoms with Crippen molar-refractivity contribution in [3.63, 3.8) is 0 Å². The first-order valence-corrected chi connectivity index (χ1v) is 10.5. The van der Waals surface area contributed by atoms with Crippen molar-refractivity contribution >= 4 is 27.3 Å². The van der Waals surface area contributed by atoms with Crippen molar-refractivity contribution in [2.24, 2.45) is 0 Å². The lowest BCUT2D eigenvalue weighted by molar-refractivity contribution is 0.102. The summed E-state index contributed by atoms with van der Waals surface area (Å²) in [7, 11) is -3.32. The molecule has 0 saturated carbocycles. The van der Waals surface area contributed by atoms with Gasteiger partial charge in [0.25, 0.3) is 5.91 Å². The van der Waals surface area contributed by atoms with Gasteiger partial charge in [0.05, 0.1) is 11.4 Å². The van der Waals surface area contributed by atoms with E-state index >= 15 is 0 Å². The first-order chi connectivity index (χ1) is 12.4. The Balaban J connectivity index is 1.83. The van der Waals surface area contributed by atoms with Crippen LogP contribution in [-0.2, 0) is 22.9 Å². The zero-order chi connectivity index (χ0) is 18.9. The van der Waals surface area contributed by atoms with Crippen LogP contribution in [0.4, 0.5) is 11.4 Å². The number of benzene rings is 2. The fourth-order valence-electron chi connectivity index (χ4n) is 3.33. The largest absolute Gasteiger partial charge is 0.322 e. The first kappa shape index (κ1) is 18.5. The van der Waals surface area contributed by atoms with Gasteiger partial charge >= 0.3 is 0 Å². The van der Waals surface area contributed by atoms with Crippen LogP contribution in [0.2, 0.25) is 0 Å². The number of amides is 1. The highest BCUT2D eigenvalue weighted by Gasteiger charge is 2.34. The van der Waals surface area contributed by atoms with Gasteiger partial charge < -0.3 is 5.32 Å². The van der Waals surface area contributed by atoms with Crippen molar-refractivity contribution in [2.45, 2.75) is 39.7 Å². The minimum absolute atomic E-state index is 0.0623. The molecule has 1 heterocycles. The molecule has 5 nitrogen and oxygen atoms in total. The molecule has 26 heavy (non-hydrogen) atoms. The highest BCUT2D eigenvalue weighted by molar-refractivity contribution is 7.92. The maximum atomic E-state index is 12.5. The summed E-state index contributed by atoms with van der Waals surface area (Å²) < 4.78 is 26.1. The van der Waals surface area contributed by atoms with Gasteiger partial charge in [-0.2, -0.15) is 0 Å². The molecule has 0 aliphatic carbocycles. The summed E-state index contributed by atoms with van der Waals surface area (Å²) in [6, 6.07) is 12.9. The number of anilines is 2. The van der Waals surface area contributed by atoms with Gasteiger partial charge in [0.1, 0.15) is 0 Å². The van der Waals surface area contributed by atoms with E-state index in [-0.39, 0.29) is 17.7 Å². The lowest BCUT2D eigenvalue weighted by atomic mass is 10.1. The number of rotatable bonds is 5. The van der Waals surface area contributed by atoms with Crippen LogP contribution in [0.25, 0.3) is 0 Å². The van der Waals surface area contributed by atoms with Gasteiger partial charge in [-0.3, -0.25) is 9.10 Å². The number of hydrogen-bond acceptors (Lipinski definition) is 3. The van der Waals surface area contributed by atoms with E-state index in [2.05, 4.69) is 12.2 Å². The molecule has 0 bridgehead atoms. The van der Waals surface area contributed by atoms with Crippen LogP contribution >= 0.6 is 0 Å². The SMILES string of the molecule is CCc1ccc(NC(=O)c2ccc3c(c2)C[C@H](C)N3S(=O)(=O)CC)cc1. The van der Waals surface area contributed by atoms with E-state index in [1.54, 1.807) is 25.1 Å². The lowest BCUT2D eigenvalue weighted by Crippen LogP contribution is -2.36. The highest BCUT2D eigenvalue weighted by Crippen LogP contribution is 2.35. The first-order valence-electron chi connectivity index (χ1n) is 8.91. The smallest absolute Gasteiger partial charge is 0.255 e. The molecule has 2 aromatic carbocycles. The molecule has 0 saturated heterocycles. The van der Waals surface area contributed by atoms with Gasteiger partial charge in [-0.15, -0.1) is 0 Å². The monoisotopic (exact) mass is 372 g/mol. The minimum atomic E-state index is -3.32. The van der Waals surface area contributed by atoms with Gasteiger partial charge in [-0.1, -0.05) is 19.1 Å². The molecule has 0 spiro atoms. The van der Waals surface area contributed by atoms with Crippen LogP contribution in [0, 0.1) is 0 Å². The summed E-state index contributed by atoms with van der Waals surface area (Å²) in [4.78, 5) is 12.5. The Morgan fingerprint density at radius 1 is 1.15 bits per heavy atom. The second kappa shape index (κ2) is 7.11. The molecule has 1 N–H and O–H groups in total. The summed E-state index contributed by atoms with van der Waals surface area (Å²) >= 11 is 0. The summed E-state index contributed by atoms with van der Waals surface area (Å²) in [6.45, 7) is 5.62. The van der Waals surface area contributed by atoms with Gasteiger partial charge in [0, 0.05) is 17.3 Å². The molecule has 0 aromatic heterocycles. The van der Waals surface area contributed by atoms with Crippen molar-refractivity contribution in [3.8, 4) is 0 Å². The van der Waals surface area contributed by atoms with Crippen LogP contribution in [-0.4, -0.2) is 26.1 Å². The fraction of sp³-hybridized carbons (Fsp3) is 0.350. The zero-order valence-electron chi connectivity index (χ0n) is 15.3. The second-order valence-corrected chi connectivity index (χ2v) is 8.73. The quantitative estimate of drug-likeness (QED) is 0.872. The number of nitrogens with one attached hydrogen (secondary N) is 1. The van der Waals surface area contributed by atoms with Crippen molar-refractivity contribution in [3.05, 3.63) is 59.2 Å². The zero-order valence-corrected chi connectivity index (χ0v) is 16.1. The number of fused-ring (bicyclic) bond motifs is 1. The Morgan fingerprint density at radius 2 is 1.85 bits per heavy atom. The number of hydrogen-bond donors (Lipinski definition) is 1. The third-order valence-electron chi connectivity index (χ3n) is 4.78. The van der Waals surface area contributed by atoms with Crippen molar-refractivity contribution in [1.82, 2.24) is 0 Å². The third-order valence-corrected chi connectivity index (χ3v) is 6.66. The summed E-state index contributed by atoms with van der Waals surface area (Å²) in [5.41, 5.74) is 4.07. The van der Waals surface area contributed by atoms with Gasteiger partial charge in [-0.25, -0.2) is 8.42 Å². The Hall–Kier alpha value is -2.34. The maximum absolute atomic E-state index is 12.5. The molecule has 138 valence electrons. The topological polar surface area (TPSA) is 66.5 Å². The standard InChI is InChI=1S/C20H24N2O3S/c1-4-15-6-9-18(10-7-15)21-20(23)16-8-11-19-17(13-16)12-14(3)22(19)26(24,25)5-2/h6-11,13-14H,4-5,12H2,1-3H3,(H,21,23)/t14-/m0/s1. The Kier molecular flexibility index (Phi) is 5.05.